The Kier molecular flexibility index (Phi) is 6.32. The fraction of sp³-hybridized carbons (Fsp3) is 0.552. The molecule has 2 aromatic heterocycles. The van der Waals surface area contributed by atoms with Crippen molar-refractivity contribution < 1.29 is 19.1 Å². The van der Waals surface area contributed by atoms with Crippen molar-refractivity contribution in [2.75, 3.05) is 13.1 Å². The summed E-state index contributed by atoms with van der Waals surface area (Å²) in [6.45, 7) is 12.6. The molecule has 1 aromatic carbocycles. The van der Waals surface area contributed by atoms with Gasteiger partial charge in [0.15, 0.2) is 0 Å². The minimum atomic E-state index is -0.564. The van der Waals surface area contributed by atoms with E-state index in [9.17, 15) is 9.59 Å². The second-order valence-electron chi connectivity index (χ2n) is 12.2. The van der Waals surface area contributed by atoms with Gasteiger partial charge < -0.3 is 19.4 Å². The second-order valence-corrected chi connectivity index (χ2v) is 12.2. The van der Waals surface area contributed by atoms with E-state index in [1.807, 2.05) is 64.8 Å². The van der Waals surface area contributed by atoms with Crippen LogP contribution in [0.1, 0.15) is 90.6 Å². The third kappa shape index (κ3) is 4.98. The summed E-state index contributed by atoms with van der Waals surface area (Å²) in [7, 11) is 0. The van der Waals surface area contributed by atoms with Gasteiger partial charge in [0.05, 0.1) is 23.3 Å². The van der Waals surface area contributed by atoms with Crippen molar-refractivity contribution in [2.45, 2.75) is 90.5 Å². The van der Waals surface area contributed by atoms with Crippen LogP contribution in [0.4, 0.5) is 9.59 Å². The van der Waals surface area contributed by atoms with Gasteiger partial charge in [-0.3, -0.25) is 9.88 Å². The molecule has 4 heterocycles. The third-order valence-corrected chi connectivity index (χ3v) is 7.03. The molecule has 8 heteroatoms. The van der Waals surface area contributed by atoms with Crippen LogP contribution >= 0.6 is 0 Å². The molecular weight excluding hydrogens is 468 g/mol. The summed E-state index contributed by atoms with van der Waals surface area (Å²) >= 11 is 0. The van der Waals surface area contributed by atoms with Gasteiger partial charge >= 0.3 is 12.2 Å². The van der Waals surface area contributed by atoms with E-state index < -0.39 is 11.2 Å². The number of para-hydroxylation sites is 1. The predicted molar refractivity (Wildman–Crippen MR) is 143 cm³/mol. The average molecular weight is 507 g/mol. The number of benzene rings is 1. The van der Waals surface area contributed by atoms with Crippen LogP contribution in [0, 0.1) is 0 Å². The number of fused-ring (bicyclic) bond motifs is 3. The number of H-pyrrole nitrogens is 1. The Morgan fingerprint density at radius 2 is 1.46 bits per heavy atom. The number of pyridine rings is 1. The van der Waals surface area contributed by atoms with Crippen molar-refractivity contribution in [1.82, 2.24) is 19.8 Å². The zero-order valence-corrected chi connectivity index (χ0v) is 22.8. The lowest BCUT2D eigenvalue weighted by Gasteiger charge is -2.30. The summed E-state index contributed by atoms with van der Waals surface area (Å²) in [4.78, 5) is 38.4. The minimum Gasteiger partial charge on any atom is -0.444 e. The van der Waals surface area contributed by atoms with Crippen molar-refractivity contribution >= 4 is 34.0 Å². The molecule has 0 spiro atoms. The molecule has 1 unspecified atom stereocenters. The first-order chi connectivity index (χ1) is 17.4. The summed E-state index contributed by atoms with van der Waals surface area (Å²) < 4.78 is 11.5. The Bertz CT molecular complexity index is 1330. The van der Waals surface area contributed by atoms with Crippen LogP contribution in [-0.4, -0.2) is 56.2 Å². The molecule has 198 valence electrons. The largest absolute Gasteiger partial charge is 0.444 e. The molecule has 37 heavy (non-hydrogen) atoms. The molecule has 0 radical (unpaired) electrons. The van der Waals surface area contributed by atoms with E-state index in [0.29, 0.717) is 13.1 Å². The first-order valence-electron chi connectivity index (χ1n) is 13.3. The van der Waals surface area contributed by atoms with Crippen molar-refractivity contribution in [3.05, 3.63) is 41.7 Å². The van der Waals surface area contributed by atoms with Crippen molar-refractivity contribution in [3.8, 4) is 0 Å². The Morgan fingerprint density at radius 3 is 2.08 bits per heavy atom. The van der Waals surface area contributed by atoms with Crippen LogP contribution in [0.25, 0.3) is 21.8 Å². The molecule has 2 fully saturated rings. The van der Waals surface area contributed by atoms with E-state index in [2.05, 4.69) is 17.1 Å². The highest BCUT2D eigenvalue weighted by Crippen LogP contribution is 2.43. The Morgan fingerprint density at radius 1 is 0.892 bits per heavy atom. The fourth-order valence-corrected chi connectivity index (χ4v) is 5.63. The summed E-state index contributed by atoms with van der Waals surface area (Å²) in [5, 5.41) is 2.16. The molecule has 0 aliphatic carbocycles. The maximum atomic E-state index is 13.1. The quantitative estimate of drug-likeness (QED) is 0.410. The molecule has 2 aliphatic heterocycles. The fourth-order valence-electron chi connectivity index (χ4n) is 5.63. The predicted octanol–water partition coefficient (Wildman–Crippen LogP) is 6.86. The molecule has 0 saturated carbocycles. The molecular formula is C29H38N4O4. The van der Waals surface area contributed by atoms with Gasteiger partial charge in [0.2, 0.25) is 0 Å². The van der Waals surface area contributed by atoms with Gasteiger partial charge in [-0.2, -0.15) is 0 Å². The standard InChI is InChI=1S/C29H38N4O4/c1-28(2,3)36-26(34)32-15-9-13-21(32)19-17-30-24(25-23(19)18-11-7-8-12-20(18)31-25)22-14-10-16-33(22)27(35)37-29(4,5)6/h7-8,11-12,17,21-22,31H,9-10,13-16H2,1-6H3/t21-,22?/m0/s1. The number of nitrogens with zero attached hydrogens (tertiary/aromatic N) is 3. The second kappa shape index (κ2) is 9.23. The number of aromatic amines is 1. The maximum absolute atomic E-state index is 13.1. The lowest BCUT2D eigenvalue weighted by atomic mass is 9.97. The highest BCUT2D eigenvalue weighted by atomic mass is 16.6. The normalized spacial score (nSPS) is 20.7. The first-order valence-corrected chi connectivity index (χ1v) is 13.3. The number of likely N-dealkylation sites (tertiary alicyclic amines) is 2. The number of nitrogens with one attached hydrogen (secondary N) is 1. The van der Waals surface area contributed by atoms with Gasteiger partial charge in [-0.25, -0.2) is 9.59 Å². The molecule has 2 amide bonds. The molecule has 1 N–H and O–H groups in total. The van der Waals surface area contributed by atoms with Gasteiger partial charge in [-0.1, -0.05) is 18.2 Å². The van der Waals surface area contributed by atoms with Crippen LogP contribution < -0.4 is 0 Å². The van der Waals surface area contributed by atoms with Crippen molar-refractivity contribution in [1.29, 1.82) is 0 Å². The minimum absolute atomic E-state index is 0.122. The lowest BCUT2D eigenvalue weighted by Crippen LogP contribution is -2.37. The molecule has 0 bridgehead atoms. The summed E-state index contributed by atoms with van der Waals surface area (Å²) in [6.07, 6.45) is 4.79. The van der Waals surface area contributed by atoms with Crippen molar-refractivity contribution in [2.24, 2.45) is 0 Å². The van der Waals surface area contributed by atoms with E-state index >= 15 is 0 Å². The Hall–Kier alpha value is -3.29. The molecule has 5 rings (SSSR count). The number of carbonyl (C=O) groups excluding carboxylic acids is 2. The van der Waals surface area contributed by atoms with E-state index in [1.54, 1.807) is 4.90 Å². The highest BCUT2D eigenvalue weighted by molar-refractivity contribution is 6.10. The zero-order valence-electron chi connectivity index (χ0n) is 22.8. The van der Waals surface area contributed by atoms with E-state index in [-0.39, 0.29) is 24.3 Å². The van der Waals surface area contributed by atoms with Crippen molar-refractivity contribution in [3.63, 3.8) is 0 Å². The number of aromatic nitrogens is 2. The monoisotopic (exact) mass is 506 g/mol. The van der Waals surface area contributed by atoms with Crippen LogP contribution in [0.2, 0.25) is 0 Å². The summed E-state index contributed by atoms with van der Waals surface area (Å²) in [5.41, 5.74) is 2.68. The molecule has 3 aromatic rings. The van der Waals surface area contributed by atoms with Crippen LogP contribution in [0.15, 0.2) is 30.5 Å². The van der Waals surface area contributed by atoms with E-state index in [0.717, 1.165) is 58.7 Å². The maximum Gasteiger partial charge on any atom is 0.410 e. The van der Waals surface area contributed by atoms with Gasteiger partial charge in [0, 0.05) is 41.1 Å². The van der Waals surface area contributed by atoms with Gasteiger partial charge in [-0.05, 0) is 73.3 Å². The highest BCUT2D eigenvalue weighted by Gasteiger charge is 2.38. The topological polar surface area (TPSA) is 87.8 Å². The first kappa shape index (κ1) is 25.4. The smallest absolute Gasteiger partial charge is 0.410 e. The number of ether oxygens (including phenoxy) is 2. The number of hydrogen-bond donors (Lipinski definition) is 1. The molecule has 2 aliphatic rings. The average Bonchev–Trinajstić information content (AvgIpc) is 3.53. The van der Waals surface area contributed by atoms with Crippen LogP contribution in [0.3, 0.4) is 0 Å². The molecule has 2 saturated heterocycles. The lowest BCUT2D eigenvalue weighted by molar-refractivity contribution is 0.0210. The van der Waals surface area contributed by atoms with Crippen LogP contribution in [-0.2, 0) is 9.47 Å². The SMILES string of the molecule is CC(C)(C)OC(=O)N1CCCC1c1ncc([C@@H]2CCCN2C(=O)OC(C)(C)C)c2c1[nH]c1ccccc12. The molecule has 2 atom stereocenters. The number of rotatable bonds is 2. The van der Waals surface area contributed by atoms with Gasteiger partial charge in [0.25, 0.3) is 0 Å². The Labute approximate surface area is 218 Å². The van der Waals surface area contributed by atoms with Crippen LogP contribution in [0.5, 0.6) is 0 Å². The number of amides is 2. The van der Waals surface area contributed by atoms with E-state index in [1.165, 1.54) is 0 Å². The van der Waals surface area contributed by atoms with E-state index in [4.69, 9.17) is 14.5 Å². The Balaban J connectivity index is 1.60. The third-order valence-electron chi connectivity index (χ3n) is 7.03. The number of hydrogen-bond acceptors (Lipinski definition) is 5. The summed E-state index contributed by atoms with van der Waals surface area (Å²) in [6, 6.07) is 7.91. The van der Waals surface area contributed by atoms with Gasteiger partial charge in [0.1, 0.15) is 11.2 Å². The molecule has 8 nitrogen and oxygen atoms in total. The van der Waals surface area contributed by atoms with Gasteiger partial charge in [-0.15, -0.1) is 0 Å². The number of carbonyl (C=O) groups is 2. The summed E-state index contributed by atoms with van der Waals surface area (Å²) in [5.74, 6) is 0. The zero-order chi connectivity index (χ0) is 26.5.